The van der Waals surface area contributed by atoms with E-state index in [9.17, 15) is 9.90 Å². The summed E-state index contributed by atoms with van der Waals surface area (Å²) in [7, 11) is 1.53. The van der Waals surface area contributed by atoms with E-state index in [1.807, 2.05) is 0 Å². The summed E-state index contributed by atoms with van der Waals surface area (Å²) < 4.78 is 10.6. The molecule has 0 spiro atoms. The molecule has 2 rings (SSSR count). The Morgan fingerprint density at radius 2 is 2.47 bits per heavy atom. The van der Waals surface area contributed by atoms with Gasteiger partial charge < -0.3 is 19.5 Å². The summed E-state index contributed by atoms with van der Waals surface area (Å²) in [5.41, 5.74) is 0.495. The summed E-state index contributed by atoms with van der Waals surface area (Å²) in [5.74, 6) is -0.948. The molecule has 6 nitrogen and oxygen atoms in total. The van der Waals surface area contributed by atoms with Crippen LogP contribution in [0.25, 0.3) is 0 Å². The van der Waals surface area contributed by atoms with Crippen LogP contribution in [0.4, 0.5) is 5.13 Å². The van der Waals surface area contributed by atoms with Gasteiger partial charge >= 0.3 is 5.97 Å². The van der Waals surface area contributed by atoms with Crippen LogP contribution in [0.1, 0.15) is 28.7 Å². The van der Waals surface area contributed by atoms with Gasteiger partial charge in [-0.3, -0.25) is 0 Å². The lowest BCUT2D eigenvalue weighted by molar-refractivity contribution is 0.0384. The van der Waals surface area contributed by atoms with E-state index in [0.717, 1.165) is 24.6 Å². The normalized spacial score (nSPS) is 19.7. The van der Waals surface area contributed by atoms with Gasteiger partial charge in [0.2, 0.25) is 0 Å². The van der Waals surface area contributed by atoms with E-state index in [0.29, 0.717) is 12.3 Å². The zero-order valence-electron chi connectivity index (χ0n) is 11.1. The van der Waals surface area contributed by atoms with Crippen LogP contribution >= 0.6 is 11.3 Å². The molecule has 106 valence electrons. The maximum atomic E-state index is 11.2. The first-order valence-corrected chi connectivity index (χ1v) is 7.05. The van der Waals surface area contributed by atoms with Crippen molar-refractivity contribution in [1.29, 1.82) is 0 Å². The molecule has 1 aromatic rings. The number of rotatable bonds is 5. The minimum Gasteiger partial charge on any atom is -0.477 e. The van der Waals surface area contributed by atoms with E-state index in [4.69, 9.17) is 9.47 Å². The van der Waals surface area contributed by atoms with Crippen LogP contribution in [0.2, 0.25) is 0 Å². The second kappa shape index (κ2) is 6.31. The summed E-state index contributed by atoms with van der Waals surface area (Å²) in [5, 5.41) is 9.92. The predicted octanol–water partition coefficient (Wildman–Crippen LogP) is 1.60. The zero-order valence-corrected chi connectivity index (χ0v) is 11.9. The third kappa shape index (κ3) is 3.23. The van der Waals surface area contributed by atoms with Crippen molar-refractivity contribution in [1.82, 2.24) is 4.98 Å². The first-order valence-electron chi connectivity index (χ1n) is 6.24. The Kier molecular flexibility index (Phi) is 4.73. The van der Waals surface area contributed by atoms with Crippen LogP contribution in [-0.2, 0) is 16.1 Å². The fraction of sp³-hybridized carbons (Fsp3) is 0.667. The maximum Gasteiger partial charge on any atom is 0.347 e. The van der Waals surface area contributed by atoms with Crippen molar-refractivity contribution >= 4 is 22.4 Å². The number of aromatic nitrogens is 1. The molecule has 0 radical (unpaired) electrons. The summed E-state index contributed by atoms with van der Waals surface area (Å²) >= 11 is 1.21. The van der Waals surface area contributed by atoms with Gasteiger partial charge in [0.15, 0.2) is 5.13 Å². The van der Waals surface area contributed by atoms with Crippen molar-refractivity contribution in [3.63, 3.8) is 0 Å². The molecule has 0 bridgehead atoms. The van der Waals surface area contributed by atoms with Gasteiger partial charge in [-0.2, -0.15) is 0 Å². The summed E-state index contributed by atoms with van der Waals surface area (Å²) in [6.07, 6.45) is 1.13. The molecule has 19 heavy (non-hydrogen) atoms. The van der Waals surface area contributed by atoms with Crippen molar-refractivity contribution in [2.75, 3.05) is 31.7 Å². The highest BCUT2D eigenvalue weighted by atomic mass is 32.1. The van der Waals surface area contributed by atoms with Gasteiger partial charge in [0.25, 0.3) is 0 Å². The lowest BCUT2D eigenvalue weighted by Gasteiger charge is -2.32. The monoisotopic (exact) mass is 286 g/mol. The number of nitrogens with zero attached hydrogens (tertiary/aromatic N) is 2. The number of thiazole rings is 1. The van der Waals surface area contributed by atoms with Crippen LogP contribution in [0.15, 0.2) is 0 Å². The third-order valence-corrected chi connectivity index (χ3v) is 4.17. The fourth-order valence-corrected chi connectivity index (χ4v) is 2.96. The van der Waals surface area contributed by atoms with E-state index < -0.39 is 5.97 Å². The van der Waals surface area contributed by atoms with Crippen molar-refractivity contribution in [3.8, 4) is 0 Å². The molecular formula is C12H18N2O4S. The first kappa shape index (κ1) is 14.2. The van der Waals surface area contributed by atoms with Crippen LogP contribution in [-0.4, -0.2) is 49.0 Å². The van der Waals surface area contributed by atoms with Crippen LogP contribution in [0.5, 0.6) is 0 Å². The predicted molar refractivity (Wildman–Crippen MR) is 72.0 cm³/mol. The quantitative estimate of drug-likeness (QED) is 0.886. The maximum absolute atomic E-state index is 11.2. The molecule has 1 fully saturated rings. The molecule has 1 saturated heterocycles. The van der Waals surface area contributed by atoms with Crippen molar-refractivity contribution in [2.45, 2.75) is 26.1 Å². The van der Waals surface area contributed by atoms with Crippen molar-refractivity contribution in [3.05, 3.63) is 10.6 Å². The lowest BCUT2D eigenvalue weighted by atomic mass is 10.2. The average Bonchev–Trinajstić information content (AvgIpc) is 2.83. The molecule has 0 aliphatic carbocycles. The van der Waals surface area contributed by atoms with E-state index in [1.165, 1.54) is 18.4 Å². The molecule has 0 aromatic carbocycles. The van der Waals surface area contributed by atoms with Gasteiger partial charge in [-0.1, -0.05) is 18.3 Å². The minimum atomic E-state index is -0.948. The van der Waals surface area contributed by atoms with Crippen molar-refractivity contribution < 1.29 is 19.4 Å². The molecule has 2 heterocycles. The van der Waals surface area contributed by atoms with Crippen LogP contribution < -0.4 is 4.90 Å². The van der Waals surface area contributed by atoms with Gasteiger partial charge in [-0.25, -0.2) is 9.78 Å². The van der Waals surface area contributed by atoms with Gasteiger partial charge in [0, 0.05) is 20.2 Å². The standard InChI is InChI=1S/C12H18N2O4S/c1-3-8-6-14(4-5-18-8)12-13-9(7-17-2)10(19-12)11(15)16/h8H,3-7H2,1-2H3,(H,15,16). The largest absolute Gasteiger partial charge is 0.477 e. The van der Waals surface area contributed by atoms with Gasteiger partial charge in [-0.05, 0) is 6.42 Å². The number of methoxy groups -OCH3 is 1. The van der Waals surface area contributed by atoms with E-state index >= 15 is 0 Å². The highest BCUT2D eigenvalue weighted by Crippen LogP contribution is 2.28. The first-order chi connectivity index (χ1) is 9.15. The molecule has 0 saturated carbocycles. The van der Waals surface area contributed by atoms with Crippen LogP contribution in [0.3, 0.4) is 0 Å². The molecular weight excluding hydrogens is 268 g/mol. The van der Waals surface area contributed by atoms with E-state index in [-0.39, 0.29) is 17.6 Å². The molecule has 1 unspecified atom stereocenters. The van der Waals surface area contributed by atoms with E-state index in [1.54, 1.807) is 0 Å². The second-order valence-corrected chi connectivity index (χ2v) is 5.34. The average molecular weight is 286 g/mol. The summed E-state index contributed by atoms with van der Waals surface area (Å²) in [6, 6.07) is 0. The molecule has 1 aliphatic rings. The Labute approximate surface area is 116 Å². The Morgan fingerprint density at radius 1 is 1.68 bits per heavy atom. The second-order valence-electron chi connectivity index (χ2n) is 4.36. The van der Waals surface area contributed by atoms with Crippen LogP contribution in [0, 0.1) is 0 Å². The number of carboxylic acids is 1. The molecule has 1 aromatic heterocycles. The number of aromatic carboxylic acids is 1. The smallest absolute Gasteiger partial charge is 0.347 e. The molecule has 0 amide bonds. The van der Waals surface area contributed by atoms with Gasteiger partial charge in [0.05, 0.1) is 25.0 Å². The Hall–Kier alpha value is -1.18. The zero-order chi connectivity index (χ0) is 13.8. The lowest BCUT2D eigenvalue weighted by Crippen LogP contribution is -2.42. The fourth-order valence-electron chi connectivity index (χ4n) is 2.02. The van der Waals surface area contributed by atoms with Crippen molar-refractivity contribution in [2.24, 2.45) is 0 Å². The summed E-state index contributed by atoms with van der Waals surface area (Å²) in [6.45, 7) is 4.46. The third-order valence-electron chi connectivity index (χ3n) is 3.03. The van der Waals surface area contributed by atoms with E-state index in [2.05, 4.69) is 16.8 Å². The SMILES string of the molecule is CCC1CN(c2nc(COC)c(C(=O)O)s2)CCO1. The van der Waals surface area contributed by atoms with Gasteiger partial charge in [-0.15, -0.1) is 0 Å². The number of carbonyl (C=O) groups is 1. The minimum absolute atomic E-state index is 0.191. The highest BCUT2D eigenvalue weighted by Gasteiger charge is 2.25. The highest BCUT2D eigenvalue weighted by molar-refractivity contribution is 7.17. The number of ether oxygens (including phenoxy) is 2. The topological polar surface area (TPSA) is 71.9 Å². The molecule has 7 heteroatoms. The number of hydrogen-bond acceptors (Lipinski definition) is 6. The molecule has 1 aliphatic heterocycles. The number of anilines is 1. The molecule has 1 N–H and O–H groups in total. The number of hydrogen-bond donors (Lipinski definition) is 1. The Bertz CT molecular complexity index is 449. The van der Waals surface area contributed by atoms with Gasteiger partial charge in [0.1, 0.15) is 4.88 Å². The summed E-state index contributed by atoms with van der Waals surface area (Å²) in [4.78, 5) is 17.9. The Morgan fingerprint density at radius 3 is 3.11 bits per heavy atom. The number of morpholine rings is 1. The molecule has 1 atom stereocenters. The Balaban J connectivity index is 2.19. The number of carboxylic acid groups (broad SMARTS) is 1.